The van der Waals surface area contributed by atoms with Gasteiger partial charge < -0.3 is 4.74 Å². The lowest BCUT2D eigenvalue weighted by Gasteiger charge is -2.01. The summed E-state index contributed by atoms with van der Waals surface area (Å²) in [7, 11) is -3.44. The molecule has 7 heteroatoms. The minimum Gasteiger partial charge on any atom is -0.480 e. The zero-order valence-electron chi connectivity index (χ0n) is 6.49. The third kappa shape index (κ3) is 2.28. The summed E-state index contributed by atoms with van der Waals surface area (Å²) < 4.78 is 37.8. The Morgan fingerprint density at radius 1 is 1.62 bits per heavy atom. The number of methoxy groups -OCH3 is 1. The highest BCUT2D eigenvalue weighted by Gasteiger charge is 2.14. The predicted octanol–water partition coefficient (Wildman–Crippen LogP) is 1.40. The Hall–Kier alpha value is -0.880. The lowest BCUT2D eigenvalue weighted by Crippen LogP contribution is -1.95. The molecule has 0 N–H and O–H groups in total. The Morgan fingerprint density at radius 2 is 2.23 bits per heavy atom. The number of nitrogens with zero attached hydrogens (tertiary/aromatic N) is 1. The number of pyridine rings is 1. The third-order valence-corrected chi connectivity index (χ3v) is 2.31. The van der Waals surface area contributed by atoms with Gasteiger partial charge in [0.2, 0.25) is 5.88 Å². The van der Waals surface area contributed by atoms with Gasteiger partial charge in [-0.15, -0.1) is 3.89 Å². The minimum absolute atomic E-state index is 0.0501. The number of hydrogen-bond acceptors (Lipinski definition) is 4. The van der Waals surface area contributed by atoms with Crippen LogP contribution in [0.2, 0.25) is 5.02 Å². The van der Waals surface area contributed by atoms with Crippen LogP contribution in [0.25, 0.3) is 0 Å². The Labute approximate surface area is 79.5 Å². The van der Waals surface area contributed by atoms with Crippen molar-refractivity contribution < 1.29 is 17.0 Å². The van der Waals surface area contributed by atoms with Gasteiger partial charge in [-0.3, -0.25) is 0 Å². The zero-order chi connectivity index (χ0) is 10.1. The molecule has 1 aromatic heterocycles. The average molecular weight is 226 g/mol. The maximum Gasteiger partial charge on any atom is 0.333 e. The highest BCUT2D eigenvalue weighted by molar-refractivity contribution is 7.86. The first kappa shape index (κ1) is 10.2. The van der Waals surface area contributed by atoms with Crippen LogP contribution in [0.4, 0.5) is 3.89 Å². The fraction of sp³-hybridized carbons (Fsp3) is 0.167. The quantitative estimate of drug-likeness (QED) is 0.714. The van der Waals surface area contributed by atoms with Crippen molar-refractivity contribution in [3.05, 3.63) is 17.3 Å². The summed E-state index contributed by atoms with van der Waals surface area (Å²) in [5.74, 6) is 0.0501. The van der Waals surface area contributed by atoms with Gasteiger partial charge in [0.15, 0.2) is 0 Å². The Balaban J connectivity index is 3.26. The van der Waals surface area contributed by atoms with E-state index in [0.29, 0.717) is 0 Å². The molecule has 0 aliphatic heterocycles. The molecule has 0 aliphatic rings. The van der Waals surface area contributed by atoms with Gasteiger partial charge in [0.05, 0.1) is 13.3 Å². The predicted molar refractivity (Wildman–Crippen MR) is 44.1 cm³/mol. The van der Waals surface area contributed by atoms with E-state index in [4.69, 9.17) is 11.6 Å². The fourth-order valence-corrected chi connectivity index (χ4v) is 1.44. The molecule has 4 nitrogen and oxygen atoms in total. The molecule has 72 valence electrons. The highest BCUT2D eigenvalue weighted by atomic mass is 35.5. The first-order valence-corrected chi connectivity index (χ1v) is 4.85. The Bertz CT molecular complexity index is 420. The molecular weight excluding hydrogens is 221 g/mol. The van der Waals surface area contributed by atoms with Gasteiger partial charge in [0, 0.05) is 0 Å². The standard InChI is InChI=1S/C6H5ClFNO3S/c1-12-6-5(7)2-4(3-9-6)13(8,10)11/h2-3H,1H3. The van der Waals surface area contributed by atoms with Gasteiger partial charge in [-0.25, -0.2) is 4.98 Å². The monoisotopic (exact) mass is 225 g/mol. The van der Waals surface area contributed by atoms with Crippen molar-refractivity contribution in [1.29, 1.82) is 0 Å². The topological polar surface area (TPSA) is 56.3 Å². The van der Waals surface area contributed by atoms with Crippen LogP contribution in [-0.2, 0) is 10.2 Å². The van der Waals surface area contributed by atoms with Crippen LogP contribution in [0.5, 0.6) is 5.88 Å². The van der Waals surface area contributed by atoms with E-state index in [-0.39, 0.29) is 10.9 Å². The summed E-state index contributed by atoms with van der Waals surface area (Å²) >= 11 is 5.52. The van der Waals surface area contributed by atoms with Crippen LogP contribution in [-0.4, -0.2) is 20.5 Å². The summed E-state index contributed by atoms with van der Waals surface area (Å²) in [4.78, 5) is 2.90. The number of rotatable bonds is 2. The summed E-state index contributed by atoms with van der Waals surface area (Å²) in [6.45, 7) is 0. The second kappa shape index (κ2) is 3.47. The smallest absolute Gasteiger partial charge is 0.333 e. The Morgan fingerprint density at radius 3 is 2.62 bits per heavy atom. The first-order chi connectivity index (χ1) is 5.95. The van der Waals surface area contributed by atoms with E-state index in [1.807, 2.05) is 0 Å². The molecule has 0 radical (unpaired) electrons. The van der Waals surface area contributed by atoms with E-state index in [1.165, 1.54) is 7.11 Å². The van der Waals surface area contributed by atoms with Gasteiger partial charge in [-0.05, 0) is 6.07 Å². The van der Waals surface area contributed by atoms with E-state index in [0.717, 1.165) is 12.3 Å². The molecule has 1 heterocycles. The number of ether oxygens (including phenoxy) is 1. The maximum atomic E-state index is 12.4. The zero-order valence-corrected chi connectivity index (χ0v) is 8.06. The lowest BCUT2D eigenvalue weighted by atomic mass is 10.5. The SMILES string of the molecule is COc1ncc(S(=O)(=O)F)cc1Cl. The molecule has 1 rings (SSSR count). The summed E-state index contributed by atoms with van der Waals surface area (Å²) in [6, 6.07) is 0.933. The molecule has 13 heavy (non-hydrogen) atoms. The largest absolute Gasteiger partial charge is 0.480 e. The normalized spacial score (nSPS) is 11.3. The molecule has 0 atom stereocenters. The van der Waals surface area contributed by atoms with Crippen LogP contribution in [0.1, 0.15) is 0 Å². The van der Waals surface area contributed by atoms with E-state index in [1.54, 1.807) is 0 Å². The van der Waals surface area contributed by atoms with Gasteiger partial charge in [-0.2, -0.15) is 8.42 Å². The van der Waals surface area contributed by atoms with Crippen LogP contribution < -0.4 is 4.74 Å². The molecule has 0 saturated heterocycles. The highest BCUT2D eigenvalue weighted by Crippen LogP contribution is 2.24. The average Bonchev–Trinajstić information content (AvgIpc) is 2.02. The summed E-state index contributed by atoms with van der Waals surface area (Å²) in [5.41, 5.74) is 0. The van der Waals surface area contributed by atoms with Gasteiger partial charge in [0.25, 0.3) is 0 Å². The number of halogens is 2. The molecule has 0 aliphatic carbocycles. The van der Waals surface area contributed by atoms with Crippen molar-refractivity contribution in [1.82, 2.24) is 4.98 Å². The molecule has 0 fully saturated rings. The maximum absolute atomic E-state index is 12.4. The van der Waals surface area contributed by atoms with Crippen molar-refractivity contribution >= 4 is 21.8 Å². The van der Waals surface area contributed by atoms with Crippen LogP contribution in [0, 0.1) is 0 Å². The van der Waals surface area contributed by atoms with Gasteiger partial charge >= 0.3 is 10.2 Å². The second-order valence-electron chi connectivity index (χ2n) is 2.10. The van der Waals surface area contributed by atoms with E-state index in [2.05, 4.69) is 9.72 Å². The third-order valence-electron chi connectivity index (χ3n) is 1.26. The van der Waals surface area contributed by atoms with Gasteiger partial charge in [-0.1, -0.05) is 11.6 Å². The van der Waals surface area contributed by atoms with Crippen molar-refractivity contribution in [2.45, 2.75) is 4.90 Å². The van der Waals surface area contributed by atoms with Crippen LogP contribution in [0.15, 0.2) is 17.2 Å². The molecule has 0 aromatic carbocycles. The first-order valence-electron chi connectivity index (χ1n) is 3.09. The van der Waals surface area contributed by atoms with E-state index < -0.39 is 15.1 Å². The summed E-state index contributed by atoms with van der Waals surface area (Å²) in [5, 5.41) is -0.0544. The van der Waals surface area contributed by atoms with E-state index >= 15 is 0 Å². The minimum atomic E-state index is -4.75. The molecule has 0 amide bonds. The lowest BCUT2D eigenvalue weighted by molar-refractivity contribution is 0.397. The molecule has 0 unspecified atom stereocenters. The van der Waals surface area contributed by atoms with Crippen molar-refractivity contribution in [2.24, 2.45) is 0 Å². The van der Waals surface area contributed by atoms with E-state index in [9.17, 15) is 12.3 Å². The van der Waals surface area contributed by atoms with Crippen LogP contribution in [0.3, 0.4) is 0 Å². The van der Waals surface area contributed by atoms with Crippen molar-refractivity contribution in [3.63, 3.8) is 0 Å². The number of aromatic nitrogens is 1. The fourth-order valence-electron chi connectivity index (χ4n) is 0.691. The van der Waals surface area contributed by atoms with Crippen molar-refractivity contribution in [3.8, 4) is 5.88 Å². The molecule has 0 spiro atoms. The molecular formula is C6H5ClFNO3S. The van der Waals surface area contributed by atoms with Gasteiger partial charge in [0.1, 0.15) is 9.92 Å². The summed E-state index contributed by atoms with van der Waals surface area (Å²) in [6.07, 6.45) is 0.833. The van der Waals surface area contributed by atoms with Crippen molar-refractivity contribution in [2.75, 3.05) is 7.11 Å². The molecule has 0 saturated carbocycles. The number of hydrogen-bond donors (Lipinski definition) is 0. The van der Waals surface area contributed by atoms with Crippen LogP contribution >= 0.6 is 11.6 Å². The molecule has 0 bridgehead atoms. The second-order valence-corrected chi connectivity index (χ2v) is 3.85. The molecule has 1 aromatic rings. The Kier molecular flexibility index (Phi) is 2.72.